The molecule has 0 aromatic heterocycles. The number of nitrogens with two attached hydrogens (primary N) is 1. The van der Waals surface area contributed by atoms with Crippen molar-refractivity contribution in [2.75, 3.05) is 32.2 Å². The number of likely N-dealkylation sites (N-methyl/N-ethyl adjacent to an activating group) is 1. The number of aliphatic hydroxyl groups is 1. The van der Waals surface area contributed by atoms with Gasteiger partial charge in [0.25, 0.3) is 0 Å². The fraction of sp³-hybridized carbons (Fsp3) is 0.909. The van der Waals surface area contributed by atoms with Crippen molar-refractivity contribution in [1.82, 2.24) is 10.2 Å². The third kappa shape index (κ3) is 4.46. The molecule has 100 valence electrons. The van der Waals surface area contributed by atoms with E-state index in [0.29, 0.717) is 6.42 Å². The van der Waals surface area contributed by atoms with Crippen LogP contribution >= 0.6 is 11.8 Å². The van der Waals surface area contributed by atoms with E-state index in [1.54, 1.807) is 11.8 Å². The number of hydrogen-bond acceptors (Lipinski definition) is 5. The number of amides is 1. The van der Waals surface area contributed by atoms with Gasteiger partial charge < -0.3 is 16.2 Å². The van der Waals surface area contributed by atoms with Crippen molar-refractivity contribution < 1.29 is 9.90 Å². The first kappa shape index (κ1) is 14.8. The van der Waals surface area contributed by atoms with Crippen molar-refractivity contribution in [1.29, 1.82) is 0 Å². The maximum Gasteiger partial charge on any atom is 0.237 e. The number of carbonyl (C=O) groups excluding carboxylic acids is 1. The number of thioether (sulfide) groups is 1. The summed E-state index contributed by atoms with van der Waals surface area (Å²) >= 11 is 1.71. The summed E-state index contributed by atoms with van der Waals surface area (Å²) in [5.74, 6) is 0.923. The lowest BCUT2D eigenvalue weighted by Crippen LogP contribution is -2.47. The molecule has 4 N–H and O–H groups in total. The number of nitrogens with one attached hydrogen (secondary N) is 1. The Morgan fingerprint density at radius 3 is 2.88 bits per heavy atom. The lowest BCUT2D eigenvalue weighted by atomic mass is 10.1. The monoisotopic (exact) mass is 261 g/mol. The van der Waals surface area contributed by atoms with E-state index >= 15 is 0 Å². The molecule has 3 atom stereocenters. The van der Waals surface area contributed by atoms with Crippen molar-refractivity contribution in [3.63, 3.8) is 0 Å². The second kappa shape index (κ2) is 7.20. The highest BCUT2D eigenvalue weighted by Gasteiger charge is 2.33. The Bertz CT molecular complexity index is 253. The highest BCUT2D eigenvalue weighted by molar-refractivity contribution is 7.98. The van der Waals surface area contributed by atoms with Crippen LogP contribution in [0.2, 0.25) is 0 Å². The van der Waals surface area contributed by atoms with E-state index in [-0.39, 0.29) is 30.6 Å². The van der Waals surface area contributed by atoms with Gasteiger partial charge in [0, 0.05) is 12.6 Å². The van der Waals surface area contributed by atoms with Crippen molar-refractivity contribution in [2.45, 2.75) is 31.0 Å². The number of carbonyl (C=O) groups is 1. The summed E-state index contributed by atoms with van der Waals surface area (Å²) in [5.41, 5.74) is 5.82. The molecule has 0 saturated carbocycles. The molecule has 0 radical (unpaired) electrons. The third-order valence-electron chi connectivity index (χ3n) is 3.12. The van der Waals surface area contributed by atoms with E-state index in [1.165, 1.54) is 0 Å². The summed E-state index contributed by atoms with van der Waals surface area (Å²) in [6.07, 6.45) is 3.51. The molecule has 17 heavy (non-hydrogen) atoms. The topological polar surface area (TPSA) is 78.6 Å². The van der Waals surface area contributed by atoms with E-state index in [0.717, 1.165) is 18.7 Å². The smallest absolute Gasteiger partial charge is 0.237 e. The van der Waals surface area contributed by atoms with Gasteiger partial charge >= 0.3 is 0 Å². The van der Waals surface area contributed by atoms with Crippen LogP contribution < -0.4 is 11.1 Å². The molecule has 0 unspecified atom stereocenters. The van der Waals surface area contributed by atoms with Crippen LogP contribution in [0.15, 0.2) is 0 Å². The van der Waals surface area contributed by atoms with Crippen LogP contribution in [0, 0.1) is 0 Å². The lowest BCUT2D eigenvalue weighted by molar-refractivity contribution is -0.126. The molecule has 5 nitrogen and oxygen atoms in total. The zero-order valence-corrected chi connectivity index (χ0v) is 11.4. The quantitative estimate of drug-likeness (QED) is 0.586. The molecule has 1 rings (SSSR count). The maximum atomic E-state index is 12.0. The van der Waals surface area contributed by atoms with Gasteiger partial charge in [-0.05, 0) is 31.9 Å². The zero-order valence-electron chi connectivity index (χ0n) is 10.6. The largest absolute Gasteiger partial charge is 0.394 e. The molecular formula is C11H23N3O2S. The summed E-state index contributed by atoms with van der Waals surface area (Å²) < 4.78 is 0. The predicted octanol–water partition coefficient (Wildman–Crippen LogP) is -0.752. The van der Waals surface area contributed by atoms with Crippen molar-refractivity contribution >= 4 is 17.7 Å². The molecule has 6 heteroatoms. The molecule has 1 aliphatic rings. The molecular weight excluding hydrogens is 238 g/mol. The highest BCUT2D eigenvalue weighted by atomic mass is 32.2. The maximum absolute atomic E-state index is 12.0. The second-order valence-electron chi connectivity index (χ2n) is 4.62. The van der Waals surface area contributed by atoms with Crippen LogP contribution in [-0.4, -0.2) is 66.2 Å². The van der Waals surface area contributed by atoms with Gasteiger partial charge in [0.05, 0.1) is 18.7 Å². The Hall–Kier alpha value is -0.300. The van der Waals surface area contributed by atoms with Crippen molar-refractivity contribution in [2.24, 2.45) is 5.73 Å². The summed E-state index contributed by atoms with van der Waals surface area (Å²) in [5, 5.41) is 12.1. The number of rotatable bonds is 6. The number of aliphatic hydroxyl groups excluding tert-OH is 1. The summed E-state index contributed by atoms with van der Waals surface area (Å²) in [7, 11) is 1.91. The molecule has 1 heterocycles. The molecule has 0 spiro atoms. The molecule has 0 bridgehead atoms. The van der Waals surface area contributed by atoms with Gasteiger partial charge in [0.15, 0.2) is 0 Å². The fourth-order valence-corrected chi connectivity index (χ4v) is 2.63. The van der Waals surface area contributed by atoms with Crippen LogP contribution in [0.4, 0.5) is 0 Å². The number of hydrogen-bond donors (Lipinski definition) is 3. The molecule has 1 fully saturated rings. The molecule has 1 aliphatic heterocycles. The summed E-state index contributed by atoms with van der Waals surface area (Å²) in [4.78, 5) is 14.0. The lowest BCUT2D eigenvalue weighted by Gasteiger charge is -2.22. The normalized spacial score (nSPS) is 27.1. The minimum absolute atomic E-state index is 0.00517. The van der Waals surface area contributed by atoms with Gasteiger partial charge in [0.2, 0.25) is 5.91 Å². The fourth-order valence-electron chi connectivity index (χ4n) is 2.11. The van der Waals surface area contributed by atoms with E-state index < -0.39 is 0 Å². The van der Waals surface area contributed by atoms with E-state index in [4.69, 9.17) is 5.73 Å². The van der Waals surface area contributed by atoms with Crippen LogP contribution in [0.5, 0.6) is 0 Å². The van der Waals surface area contributed by atoms with Crippen LogP contribution in [-0.2, 0) is 4.79 Å². The summed E-state index contributed by atoms with van der Waals surface area (Å²) in [6.45, 7) is 0.751. The minimum Gasteiger partial charge on any atom is -0.394 e. The first-order valence-corrected chi connectivity index (χ1v) is 7.33. The Morgan fingerprint density at radius 1 is 1.71 bits per heavy atom. The highest BCUT2D eigenvalue weighted by Crippen LogP contribution is 2.14. The minimum atomic E-state index is -0.145. The van der Waals surface area contributed by atoms with Crippen LogP contribution in [0.1, 0.15) is 12.8 Å². The summed E-state index contributed by atoms with van der Waals surface area (Å²) in [6, 6.07) is -0.206. The Kier molecular flexibility index (Phi) is 6.26. The van der Waals surface area contributed by atoms with Gasteiger partial charge in [-0.1, -0.05) is 0 Å². The number of nitrogens with zero attached hydrogens (tertiary/aromatic N) is 1. The van der Waals surface area contributed by atoms with Crippen LogP contribution in [0.25, 0.3) is 0 Å². The predicted molar refractivity (Wildman–Crippen MR) is 71.0 cm³/mol. The Balaban J connectivity index is 2.41. The van der Waals surface area contributed by atoms with E-state index in [9.17, 15) is 9.90 Å². The Labute approximate surface area is 107 Å². The van der Waals surface area contributed by atoms with Crippen molar-refractivity contribution in [3.05, 3.63) is 0 Å². The molecule has 0 aromatic carbocycles. The SMILES string of the molecule is CSCC[C@@H](CO)NC(=O)[C@@H]1C[C@H](N)CN1C. The van der Waals surface area contributed by atoms with Gasteiger partial charge in [0.1, 0.15) is 0 Å². The van der Waals surface area contributed by atoms with Gasteiger partial charge in [-0.2, -0.15) is 11.8 Å². The van der Waals surface area contributed by atoms with Crippen LogP contribution in [0.3, 0.4) is 0 Å². The van der Waals surface area contributed by atoms with E-state index in [2.05, 4.69) is 5.32 Å². The molecule has 1 amide bonds. The Morgan fingerprint density at radius 2 is 2.41 bits per heavy atom. The van der Waals surface area contributed by atoms with Crippen molar-refractivity contribution in [3.8, 4) is 0 Å². The van der Waals surface area contributed by atoms with Gasteiger partial charge in [-0.25, -0.2) is 0 Å². The first-order valence-electron chi connectivity index (χ1n) is 5.94. The average Bonchev–Trinajstić information content (AvgIpc) is 2.63. The third-order valence-corrected chi connectivity index (χ3v) is 3.76. The second-order valence-corrected chi connectivity index (χ2v) is 5.61. The van der Waals surface area contributed by atoms with Gasteiger partial charge in [-0.15, -0.1) is 0 Å². The average molecular weight is 261 g/mol. The molecule has 1 saturated heterocycles. The number of likely N-dealkylation sites (tertiary alicyclic amines) is 1. The van der Waals surface area contributed by atoms with E-state index in [1.807, 2.05) is 18.2 Å². The standard InChI is InChI=1S/C11H23N3O2S/c1-14-6-8(12)5-10(14)11(16)13-9(7-15)3-4-17-2/h8-10,15H,3-7,12H2,1-2H3,(H,13,16)/t8-,9-,10-/m0/s1. The molecule has 0 aliphatic carbocycles. The molecule has 0 aromatic rings. The van der Waals surface area contributed by atoms with Gasteiger partial charge in [-0.3, -0.25) is 9.69 Å². The zero-order chi connectivity index (χ0) is 12.8. The first-order chi connectivity index (χ1) is 8.08.